The Morgan fingerprint density at radius 3 is 2.06 bits per heavy atom. The van der Waals surface area contributed by atoms with Crippen LogP contribution in [0.25, 0.3) is 17.1 Å². The Morgan fingerprint density at radius 1 is 0.719 bits per heavy atom. The molecular weight excluding hydrogens is 406 g/mol. The lowest BCUT2D eigenvalue weighted by atomic mass is 10.1. The molecule has 32 heavy (non-hydrogen) atoms. The van der Waals surface area contributed by atoms with E-state index in [0.29, 0.717) is 29.4 Å². The van der Waals surface area contributed by atoms with E-state index in [1.54, 1.807) is 34.6 Å². The Morgan fingerprint density at radius 2 is 1.41 bits per heavy atom. The van der Waals surface area contributed by atoms with Crippen molar-refractivity contribution in [2.75, 3.05) is 28.4 Å². The molecule has 7 nitrogen and oxygen atoms in total. The van der Waals surface area contributed by atoms with Crippen LogP contribution in [0.2, 0.25) is 0 Å². The smallest absolute Gasteiger partial charge is 0.161 e. The Labute approximate surface area is 187 Å². The first-order chi connectivity index (χ1) is 15.7. The van der Waals surface area contributed by atoms with Crippen LogP contribution in [0.5, 0.6) is 23.0 Å². The third-order valence-corrected chi connectivity index (χ3v) is 5.14. The second-order valence-corrected chi connectivity index (χ2v) is 7.06. The average molecular weight is 431 g/mol. The van der Waals surface area contributed by atoms with Crippen molar-refractivity contribution in [1.82, 2.24) is 14.8 Å². The molecule has 0 saturated heterocycles. The first-order valence-electron chi connectivity index (χ1n) is 10.1. The molecule has 0 atom stereocenters. The van der Waals surface area contributed by atoms with Crippen molar-refractivity contribution in [1.29, 1.82) is 0 Å². The Bertz CT molecular complexity index is 1210. The van der Waals surface area contributed by atoms with Gasteiger partial charge in [0.25, 0.3) is 0 Å². The number of pyridine rings is 1. The summed E-state index contributed by atoms with van der Waals surface area (Å²) in [6, 6.07) is 19.5. The average Bonchev–Trinajstić information content (AvgIpc) is 3.27. The molecule has 0 saturated carbocycles. The van der Waals surface area contributed by atoms with E-state index in [-0.39, 0.29) is 0 Å². The van der Waals surface area contributed by atoms with Gasteiger partial charge in [-0.2, -0.15) is 5.10 Å². The summed E-state index contributed by atoms with van der Waals surface area (Å²) in [4.78, 5) is 4.49. The molecule has 0 spiro atoms. The molecule has 7 heteroatoms. The fourth-order valence-corrected chi connectivity index (χ4v) is 3.57. The quantitative estimate of drug-likeness (QED) is 0.407. The molecule has 4 aromatic rings. The zero-order chi connectivity index (χ0) is 22.5. The van der Waals surface area contributed by atoms with E-state index >= 15 is 0 Å². The molecule has 2 aromatic heterocycles. The van der Waals surface area contributed by atoms with Gasteiger partial charge in [-0.3, -0.25) is 0 Å². The summed E-state index contributed by atoms with van der Waals surface area (Å²) < 4.78 is 23.5. The molecule has 0 unspecified atom stereocenters. The summed E-state index contributed by atoms with van der Waals surface area (Å²) in [5, 5.41) is 4.86. The van der Waals surface area contributed by atoms with Crippen molar-refractivity contribution in [3.8, 4) is 40.1 Å². The lowest BCUT2D eigenvalue weighted by Gasteiger charge is -2.11. The van der Waals surface area contributed by atoms with Gasteiger partial charge in [0.1, 0.15) is 0 Å². The van der Waals surface area contributed by atoms with Crippen molar-refractivity contribution in [3.05, 3.63) is 78.1 Å². The Hall–Kier alpha value is -4.00. The molecule has 4 rings (SSSR count). The molecule has 0 fully saturated rings. The van der Waals surface area contributed by atoms with Crippen molar-refractivity contribution < 1.29 is 18.9 Å². The lowest BCUT2D eigenvalue weighted by molar-refractivity contribution is 0.354. The lowest BCUT2D eigenvalue weighted by Crippen LogP contribution is -2.02. The summed E-state index contributed by atoms with van der Waals surface area (Å²) in [5.41, 5.74) is 3.80. The maximum Gasteiger partial charge on any atom is 0.161 e. The minimum absolute atomic E-state index is 0.625. The zero-order valence-electron chi connectivity index (χ0n) is 18.5. The number of hydrogen-bond acceptors (Lipinski definition) is 6. The molecule has 0 radical (unpaired) electrons. The van der Waals surface area contributed by atoms with E-state index in [9.17, 15) is 0 Å². The van der Waals surface area contributed by atoms with Gasteiger partial charge in [-0.1, -0.05) is 12.1 Å². The number of rotatable bonds is 8. The molecule has 0 N–H and O–H groups in total. The Balaban J connectivity index is 1.77. The van der Waals surface area contributed by atoms with E-state index in [0.717, 1.165) is 28.3 Å². The normalized spacial score (nSPS) is 10.6. The first kappa shape index (κ1) is 21.2. The largest absolute Gasteiger partial charge is 0.493 e. The van der Waals surface area contributed by atoms with Gasteiger partial charge in [0.2, 0.25) is 0 Å². The highest BCUT2D eigenvalue weighted by Gasteiger charge is 2.16. The predicted molar refractivity (Wildman–Crippen MR) is 122 cm³/mol. The molecule has 0 bridgehead atoms. The van der Waals surface area contributed by atoms with Crippen LogP contribution in [0.3, 0.4) is 0 Å². The van der Waals surface area contributed by atoms with Gasteiger partial charge in [-0.25, -0.2) is 9.67 Å². The van der Waals surface area contributed by atoms with E-state index in [1.165, 1.54) is 0 Å². The summed E-state index contributed by atoms with van der Waals surface area (Å²) in [6.45, 7) is 0. The number of benzene rings is 2. The van der Waals surface area contributed by atoms with Gasteiger partial charge in [-0.05, 0) is 54.1 Å². The SMILES string of the molecule is COc1ccc(Cc2cc(-c3ccc(OC)c(OC)c3)n(-c3ccccn3)n2)cc1OC. The van der Waals surface area contributed by atoms with Crippen molar-refractivity contribution in [2.45, 2.75) is 6.42 Å². The fourth-order valence-electron chi connectivity index (χ4n) is 3.57. The van der Waals surface area contributed by atoms with Crippen LogP contribution >= 0.6 is 0 Å². The fraction of sp³-hybridized carbons (Fsp3) is 0.200. The summed E-state index contributed by atoms with van der Waals surface area (Å²) in [7, 11) is 6.51. The molecule has 0 amide bonds. The van der Waals surface area contributed by atoms with Gasteiger partial charge >= 0.3 is 0 Å². The van der Waals surface area contributed by atoms with Crippen LogP contribution in [-0.2, 0) is 6.42 Å². The van der Waals surface area contributed by atoms with Crippen LogP contribution in [0.4, 0.5) is 0 Å². The van der Waals surface area contributed by atoms with Crippen LogP contribution in [0.1, 0.15) is 11.3 Å². The molecule has 0 aliphatic rings. The predicted octanol–water partition coefficient (Wildman–Crippen LogP) is 4.56. The minimum atomic E-state index is 0.625. The Kier molecular flexibility index (Phi) is 6.26. The molecule has 164 valence electrons. The van der Waals surface area contributed by atoms with Gasteiger partial charge < -0.3 is 18.9 Å². The van der Waals surface area contributed by atoms with Gasteiger partial charge in [0.05, 0.1) is 39.8 Å². The van der Waals surface area contributed by atoms with E-state index < -0.39 is 0 Å². The topological polar surface area (TPSA) is 67.6 Å². The number of aromatic nitrogens is 3. The third kappa shape index (κ3) is 4.23. The summed E-state index contributed by atoms with van der Waals surface area (Å²) in [5.74, 6) is 3.44. The van der Waals surface area contributed by atoms with Crippen LogP contribution in [0.15, 0.2) is 66.9 Å². The number of methoxy groups -OCH3 is 4. The minimum Gasteiger partial charge on any atom is -0.493 e. The van der Waals surface area contributed by atoms with Gasteiger partial charge in [-0.15, -0.1) is 0 Å². The van der Waals surface area contributed by atoms with Crippen LogP contribution in [0, 0.1) is 0 Å². The summed E-state index contributed by atoms with van der Waals surface area (Å²) in [6.07, 6.45) is 2.38. The highest BCUT2D eigenvalue weighted by atomic mass is 16.5. The highest BCUT2D eigenvalue weighted by molar-refractivity contribution is 5.66. The number of ether oxygens (including phenoxy) is 4. The molecule has 0 aliphatic carbocycles. The van der Waals surface area contributed by atoms with E-state index in [1.807, 2.05) is 59.3 Å². The highest BCUT2D eigenvalue weighted by Crippen LogP contribution is 2.34. The van der Waals surface area contributed by atoms with Gasteiger partial charge in [0, 0.05) is 18.2 Å². The van der Waals surface area contributed by atoms with Crippen LogP contribution in [-0.4, -0.2) is 43.2 Å². The molecular formula is C25H25N3O4. The maximum atomic E-state index is 5.50. The van der Waals surface area contributed by atoms with E-state index in [4.69, 9.17) is 24.0 Å². The van der Waals surface area contributed by atoms with Crippen molar-refractivity contribution in [2.24, 2.45) is 0 Å². The maximum absolute atomic E-state index is 5.50. The van der Waals surface area contributed by atoms with Gasteiger partial charge in [0.15, 0.2) is 28.8 Å². The third-order valence-electron chi connectivity index (χ3n) is 5.14. The molecule has 2 heterocycles. The second kappa shape index (κ2) is 9.43. The monoisotopic (exact) mass is 431 g/mol. The van der Waals surface area contributed by atoms with E-state index in [2.05, 4.69) is 11.1 Å². The molecule has 0 aliphatic heterocycles. The van der Waals surface area contributed by atoms with Crippen molar-refractivity contribution >= 4 is 0 Å². The van der Waals surface area contributed by atoms with Crippen molar-refractivity contribution in [3.63, 3.8) is 0 Å². The zero-order valence-corrected chi connectivity index (χ0v) is 18.5. The summed E-state index contributed by atoms with van der Waals surface area (Å²) >= 11 is 0. The standard InChI is InChI=1S/C25H25N3O4/c1-29-21-10-8-17(14-23(21)31-3)13-19-16-20(28(27-19)25-7-5-6-12-26-25)18-9-11-22(30-2)24(15-18)32-4/h5-12,14-16H,13H2,1-4H3. The number of hydrogen-bond donors (Lipinski definition) is 0. The second-order valence-electron chi connectivity index (χ2n) is 7.06. The van der Waals surface area contributed by atoms with Crippen LogP contribution < -0.4 is 18.9 Å². The molecule has 2 aromatic carbocycles. The number of nitrogens with zero attached hydrogens (tertiary/aromatic N) is 3. The first-order valence-corrected chi connectivity index (χ1v) is 10.1.